The number of thiocarbonyl (C=S) groups is 1. The molecule has 1 N–H and O–H groups in total. The topological polar surface area (TPSA) is 57.6 Å². The molecule has 132 valence electrons. The number of hydrogen-bond donors (Lipinski definition) is 1. The summed E-state index contributed by atoms with van der Waals surface area (Å²) in [6.07, 6.45) is 1.81. The van der Waals surface area contributed by atoms with Crippen LogP contribution < -0.4 is 4.90 Å². The molecular weight excluding hydrogens is 366 g/mol. The fourth-order valence-electron chi connectivity index (χ4n) is 2.60. The van der Waals surface area contributed by atoms with Crippen LogP contribution >= 0.6 is 24.0 Å². The molecule has 2 aromatic rings. The first kappa shape index (κ1) is 18.4. The summed E-state index contributed by atoms with van der Waals surface area (Å²) < 4.78 is 0.391. The maximum absolute atomic E-state index is 12.8. The van der Waals surface area contributed by atoms with Crippen molar-refractivity contribution in [3.8, 4) is 0 Å². The lowest BCUT2D eigenvalue weighted by Gasteiger charge is -2.14. The zero-order chi connectivity index (χ0) is 18.8. The van der Waals surface area contributed by atoms with Gasteiger partial charge in [-0.3, -0.25) is 9.69 Å². The number of amides is 1. The molecule has 26 heavy (non-hydrogen) atoms. The largest absolute Gasteiger partial charge is 0.478 e. The van der Waals surface area contributed by atoms with Crippen molar-refractivity contribution in [2.24, 2.45) is 0 Å². The van der Waals surface area contributed by atoms with E-state index in [-0.39, 0.29) is 11.5 Å². The van der Waals surface area contributed by atoms with Crippen LogP contribution in [0.15, 0.2) is 53.4 Å². The molecule has 0 saturated carbocycles. The fourth-order valence-corrected chi connectivity index (χ4v) is 3.90. The van der Waals surface area contributed by atoms with Gasteiger partial charge in [0.2, 0.25) is 0 Å². The lowest BCUT2D eigenvalue weighted by atomic mass is 10.0. The van der Waals surface area contributed by atoms with Crippen LogP contribution in [0.1, 0.15) is 41.3 Å². The SMILES string of the molecule is CC(C)c1ccc(/C=C2/SC(=S)N(c3cccc(C(=O)O)c3)C2=O)cc1. The van der Waals surface area contributed by atoms with Crippen LogP contribution in [0, 0.1) is 0 Å². The Kier molecular flexibility index (Phi) is 5.25. The molecule has 0 atom stereocenters. The normalized spacial score (nSPS) is 16.0. The first-order chi connectivity index (χ1) is 12.4. The summed E-state index contributed by atoms with van der Waals surface area (Å²) in [6.45, 7) is 4.26. The summed E-state index contributed by atoms with van der Waals surface area (Å²) in [5, 5.41) is 9.14. The molecule has 0 aromatic heterocycles. The molecule has 0 spiro atoms. The second kappa shape index (κ2) is 7.43. The van der Waals surface area contributed by atoms with Crippen molar-refractivity contribution in [3.05, 3.63) is 70.1 Å². The van der Waals surface area contributed by atoms with Gasteiger partial charge in [-0.05, 0) is 41.3 Å². The van der Waals surface area contributed by atoms with E-state index in [1.807, 2.05) is 30.3 Å². The number of carbonyl (C=O) groups is 2. The predicted octanol–water partition coefficient (Wildman–Crippen LogP) is 4.91. The first-order valence-corrected chi connectivity index (χ1v) is 9.30. The highest BCUT2D eigenvalue weighted by Gasteiger charge is 2.33. The molecule has 1 amide bonds. The van der Waals surface area contributed by atoms with E-state index in [1.54, 1.807) is 12.1 Å². The van der Waals surface area contributed by atoms with Crippen LogP contribution in [0.2, 0.25) is 0 Å². The van der Waals surface area contributed by atoms with Gasteiger partial charge in [0.15, 0.2) is 4.32 Å². The minimum Gasteiger partial charge on any atom is -0.478 e. The molecule has 2 aromatic carbocycles. The molecule has 0 bridgehead atoms. The summed E-state index contributed by atoms with van der Waals surface area (Å²) in [7, 11) is 0. The molecule has 1 heterocycles. The second-order valence-corrected chi connectivity index (χ2v) is 7.87. The molecule has 6 heteroatoms. The Labute approximate surface area is 161 Å². The number of carboxylic acid groups (broad SMARTS) is 1. The van der Waals surface area contributed by atoms with Crippen molar-refractivity contribution in [1.82, 2.24) is 0 Å². The Morgan fingerprint density at radius 2 is 1.88 bits per heavy atom. The average Bonchev–Trinajstić information content (AvgIpc) is 2.89. The molecule has 4 nitrogen and oxygen atoms in total. The zero-order valence-electron chi connectivity index (χ0n) is 14.3. The number of aromatic carboxylic acids is 1. The summed E-state index contributed by atoms with van der Waals surface area (Å²) in [6, 6.07) is 14.3. The van der Waals surface area contributed by atoms with Crippen LogP contribution in [0.5, 0.6) is 0 Å². The number of rotatable bonds is 4. The lowest BCUT2D eigenvalue weighted by Crippen LogP contribution is -2.27. The van der Waals surface area contributed by atoms with Crippen LogP contribution in [-0.2, 0) is 4.79 Å². The third kappa shape index (κ3) is 3.71. The summed E-state index contributed by atoms with van der Waals surface area (Å²) in [5.41, 5.74) is 2.74. The maximum atomic E-state index is 12.8. The third-order valence-electron chi connectivity index (χ3n) is 4.05. The first-order valence-electron chi connectivity index (χ1n) is 8.08. The minimum absolute atomic E-state index is 0.116. The van der Waals surface area contributed by atoms with Crippen LogP contribution in [0.25, 0.3) is 6.08 Å². The Morgan fingerprint density at radius 3 is 2.50 bits per heavy atom. The predicted molar refractivity (Wildman–Crippen MR) is 110 cm³/mol. The van der Waals surface area contributed by atoms with Crippen molar-refractivity contribution in [2.75, 3.05) is 4.90 Å². The molecular formula is C20H17NO3S2. The van der Waals surface area contributed by atoms with E-state index >= 15 is 0 Å². The third-order valence-corrected chi connectivity index (χ3v) is 5.35. The molecule has 1 fully saturated rings. The number of carbonyl (C=O) groups excluding carboxylic acids is 1. The molecule has 1 saturated heterocycles. The Morgan fingerprint density at radius 1 is 1.19 bits per heavy atom. The highest BCUT2D eigenvalue weighted by molar-refractivity contribution is 8.27. The van der Waals surface area contributed by atoms with E-state index in [0.29, 0.717) is 20.8 Å². The van der Waals surface area contributed by atoms with Crippen molar-refractivity contribution < 1.29 is 14.7 Å². The highest BCUT2D eigenvalue weighted by atomic mass is 32.2. The van der Waals surface area contributed by atoms with Crippen LogP contribution in [0.3, 0.4) is 0 Å². The van der Waals surface area contributed by atoms with E-state index in [4.69, 9.17) is 17.3 Å². The van der Waals surface area contributed by atoms with Crippen LogP contribution in [0.4, 0.5) is 5.69 Å². The van der Waals surface area contributed by atoms with Gasteiger partial charge in [-0.15, -0.1) is 0 Å². The fraction of sp³-hybridized carbons (Fsp3) is 0.150. The number of anilines is 1. The summed E-state index contributed by atoms with van der Waals surface area (Å²) in [4.78, 5) is 25.8. The van der Waals surface area contributed by atoms with Gasteiger partial charge in [-0.1, -0.05) is 68.2 Å². The second-order valence-electron chi connectivity index (χ2n) is 6.19. The molecule has 0 unspecified atom stereocenters. The van der Waals surface area contributed by atoms with Gasteiger partial charge >= 0.3 is 5.97 Å². The number of thioether (sulfide) groups is 1. The van der Waals surface area contributed by atoms with Gasteiger partial charge in [0.1, 0.15) is 0 Å². The van der Waals surface area contributed by atoms with E-state index in [2.05, 4.69) is 13.8 Å². The summed E-state index contributed by atoms with van der Waals surface area (Å²) in [5.74, 6) is -0.836. The van der Waals surface area contributed by atoms with E-state index in [0.717, 1.165) is 5.56 Å². The van der Waals surface area contributed by atoms with Gasteiger partial charge in [0.05, 0.1) is 16.2 Å². The van der Waals surface area contributed by atoms with Gasteiger partial charge in [-0.2, -0.15) is 0 Å². The van der Waals surface area contributed by atoms with Gasteiger partial charge < -0.3 is 5.11 Å². The lowest BCUT2D eigenvalue weighted by molar-refractivity contribution is -0.113. The van der Waals surface area contributed by atoms with Crippen LogP contribution in [-0.4, -0.2) is 21.3 Å². The van der Waals surface area contributed by atoms with E-state index in [9.17, 15) is 9.59 Å². The smallest absolute Gasteiger partial charge is 0.335 e. The number of hydrogen-bond acceptors (Lipinski definition) is 4. The summed E-state index contributed by atoms with van der Waals surface area (Å²) >= 11 is 6.55. The Balaban J connectivity index is 1.89. The van der Waals surface area contributed by atoms with E-state index < -0.39 is 5.97 Å². The molecule has 1 aliphatic heterocycles. The molecule has 1 aliphatic rings. The zero-order valence-corrected chi connectivity index (χ0v) is 15.9. The molecule has 0 aliphatic carbocycles. The van der Waals surface area contributed by atoms with E-state index in [1.165, 1.54) is 34.4 Å². The average molecular weight is 383 g/mol. The number of benzene rings is 2. The molecule has 3 rings (SSSR count). The van der Waals surface area contributed by atoms with Gasteiger partial charge in [-0.25, -0.2) is 4.79 Å². The van der Waals surface area contributed by atoms with Gasteiger partial charge in [0.25, 0.3) is 5.91 Å². The number of carboxylic acids is 1. The minimum atomic E-state index is -1.04. The van der Waals surface area contributed by atoms with Gasteiger partial charge in [0, 0.05) is 0 Å². The Hall–Kier alpha value is -2.44. The standard InChI is InChI=1S/C20H17NO3S2/c1-12(2)14-8-6-13(7-9-14)10-17-18(22)21(20(25)26-17)16-5-3-4-15(11-16)19(23)24/h3-12H,1-2H3,(H,23,24)/b17-10+. The number of nitrogens with zero attached hydrogens (tertiary/aromatic N) is 1. The van der Waals surface area contributed by atoms with Crippen molar-refractivity contribution in [1.29, 1.82) is 0 Å². The maximum Gasteiger partial charge on any atom is 0.335 e. The van der Waals surface area contributed by atoms with Crippen molar-refractivity contribution in [3.63, 3.8) is 0 Å². The van der Waals surface area contributed by atoms with Crippen molar-refractivity contribution >= 4 is 51.9 Å². The van der Waals surface area contributed by atoms with Crippen molar-refractivity contribution in [2.45, 2.75) is 19.8 Å². The monoisotopic (exact) mass is 383 g/mol. The molecule has 0 radical (unpaired) electrons. The highest BCUT2D eigenvalue weighted by Crippen LogP contribution is 2.36. The quantitative estimate of drug-likeness (QED) is 0.600. The Bertz CT molecular complexity index is 917.